The molecule has 1 rings (SSSR count). The van der Waals surface area contributed by atoms with Crippen LogP contribution < -0.4 is 10.6 Å². The van der Waals surface area contributed by atoms with Crippen LogP contribution in [0.2, 0.25) is 5.02 Å². The predicted molar refractivity (Wildman–Crippen MR) is 72.0 cm³/mol. The molecule has 0 radical (unpaired) electrons. The highest BCUT2D eigenvalue weighted by molar-refractivity contribution is 6.31. The quantitative estimate of drug-likeness (QED) is 0.489. The lowest BCUT2D eigenvalue weighted by Crippen LogP contribution is -2.17. The van der Waals surface area contributed by atoms with Gasteiger partial charge in [0, 0.05) is 23.5 Å². The average molecular weight is 275 g/mol. The Morgan fingerprint density at radius 2 is 2.21 bits per heavy atom. The molecule has 2 N–H and O–H groups in total. The Balaban J connectivity index is 2.65. The van der Waals surface area contributed by atoms with Crippen molar-refractivity contribution >= 4 is 23.2 Å². The molecule has 0 unspecified atom stereocenters. The molecule has 1 aromatic rings. The summed E-state index contributed by atoms with van der Waals surface area (Å²) < 4.78 is 0. The van der Waals surface area contributed by atoms with Crippen molar-refractivity contribution in [3.8, 4) is 12.1 Å². The molecule has 5 nitrogen and oxygen atoms in total. The van der Waals surface area contributed by atoms with E-state index in [1.807, 2.05) is 6.07 Å². The highest BCUT2D eigenvalue weighted by Gasteiger charge is 2.08. The molecule has 0 bridgehead atoms. The van der Waals surface area contributed by atoms with Gasteiger partial charge in [-0.2, -0.15) is 10.5 Å². The molecule has 0 aliphatic rings. The Morgan fingerprint density at radius 3 is 2.84 bits per heavy atom. The molecule has 96 valence electrons. The van der Waals surface area contributed by atoms with Crippen LogP contribution in [0.25, 0.3) is 0 Å². The summed E-state index contributed by atoms with van der Waals surface area (Å²) in [6.07, 6.45) is 1.59. The molecule has 0 aliphatic carbocycles. The van der Waals surface area contributed by atoms with E-state index in [0.29, 0.717) is 23.7 Å². The number of amides is 1. The molecule has 1 aromatic carbocycles. The van der Waals surface area contributed by atoms with Gasteiger partial charge >= 0.3 is 0 Å². The van der Waals surface area contributed by atoms with Crippen LogP contribution in [0.4, 0.5) is 5.69 Å². The highest BCUT2D eigenvalue weighted by atomic mass is 35.5. The van der Waals surface area contributed by atoms with Crippen LogP contribution in [0.1, 0.15) is 6.42 Å². The lowest BCUT2D eigenvalue weighted by Gasteiger charge is -2.04. The average Bonchev–Trinajstić information content (AvgIpc) is 2.38. The molecule has 0 fully saturated rings. The molecule has 0 atom stereocenters. The van der Waals surface area contributed by atoms with Crippen LogP contribution in [0.5, 0.6) is 0 Å². The maximum Gasteiger partial charge on any atom is 0.267 e. The van der Waals surface area contributed by atoms with Crippen LogP contribution in [0.15, 0.2) is 36.0 Å². The first kappa shape index (κ1) is 14.6. The Bertz CT molecular complexity index is 569. The molecule has 0 spiro atoms. The van der Waals surface area contributed by atoms with Crippen molar-refractivity contribution < 1.29 is 4.79 Å². The van der Waals surface area contributed by atoms with Crippen molar-refractivity contribution in [2.75, 3.05) is 11.9 Å². The third kappa shape index (κ3) is 5.12. The highest BCUT2D eigenvalue weighted by Crippen LogP contribution is 2.15. The Kier molecular flexibility index (Phi) is 5.94. The van der Waals surface area contributed by atoms with Crippen molar-refractivity contribution in [3.63, 3.8) is 0 Å². The van der Waals surface area contributed by atoms with E-state index in [-0.39, 0.29) is 5.57 Å². The Hall–Kier alpha value is -2.50. The van der Waals surface area contributed by atoms with Crippen molar-refractivity contribution in [2.24, 2.45) is 0 Å². The van der Waals surface area contributed by atoms with Gasteiger partial charge < -0.3 is 10.6 Å². The normalized spacial score (nSPS) is 10.2. The number of hydrogen-bond donors (Lipinski definition) is 2. The van der Waals surface area contributed by atoms with E-state index >= 15 is 0 Å². The van der Waals surface area contributed by atoms with Crippen molar-refractivity contribution in [3.05, 3.63) is 41.1 Å². The smallest absolute Gasteiger partial charge is 0.267 e. The number of nitrogens with zero attached hydrogens (tertiary/aromatic N) is 2. The van der Waals surface area contributed by atoms with Crippen molar-refractivity contribution in [1.82, 2.24) is 5.32 Å². The summed E-state index contributed by atoms with van der Waals surface area (Å²) in [4.78, 5) is 11.8. The van der Waals surface area contributed by atoms with Gasteiger partial charge in [0.05, 0.1) is 12.5 Å². The van der Waals surface area contributed by atoms with Gasteiger partial charge in [0.25, 0.3) is 5.91 Å². The van der Waals surface area contributed by atoms with E-state index in [4.69, 9.17) is 22.1 Å². The minimum absolute atomic E-state index is 0.0714. The lowest BCUT2D eigenvalue weighted by molar-refractivity contribution is -0.112. The maximum atomic E-state index is 11.8. The molecule has 1 amide bonds. The Labute approximate surface area is 116 Å². The molecule has 0 heterocycles. The first-order valence-corrected chi connectivity index (χ1v) is 5.82. The maximum absolute atomic E-state index is 11.8. The van der Waals surface area contributed by atoms with E-state index in [2.05, 4.69) is 10.6 Å². The van der Waals surface area contributed by atoms with E-state index in [9.17, 15) is 4.79 Å². The number of carbonyl (C=O) groups excluding carboxylic acids is 1. The van der Waals surface area contributed by atoms with Crippen LogP contribution in [-0.4, -0.2) is 12.5 Å². The van der Waals surface area contributed by atoms with Gasteiger partial charge in [0.1, 0.15) is 11.6 Å². The molecule has 0 aromatic heterocycles. The zero-order valence-electron chi connectivity index (χ0n) is 9.98. The second-order valence-electron chi connectivity index (χ2n) is 3.50. The molecule has 0 saturated heterocycles. The summed E-state index contributed by atoms with van der Waals surface area (Å²) in [6.45, 7) is 0.381. The Morgan fingerprint density at radius 1 is 1.42 bits per heavy atom. The number of anilines is 1. The number of rotatable bonds is 5. The first-order chi connectivity index (χ1) is 9.17. The number of carbonyl (C=O) groups is 1. The topological polar surface area (TPSA) is 88.7 Å². The van der Waals surface area contributed by atoms with E-state index in [0.717, 1.165) is 0 Å². The molecule has 0 saturated carbocycles. The minimum atomic E-state index is -0.533. The fraction of sp³-hybridized carbons (Fsp3) is 0.154. The first-order valence-electron chi connectivity index (χ1n) is 5.45. The molecule has 6 heteroatoms. The summed E-state index contributed by atoms with van der Waals surface area (Å²) >= 11 is 5.79. The lowest BCUT2D eigenvalue weighted by atomic mass is 10.2. The van der Waals surface area contributed by atoms with Gasteiger partial charge in [-0.3, -0.25) is 4.79 Å². The van der Waals surface area contributed by atoms with Crippen LogP contribution in [0.3, 0.4) is 0 Å². The van der Waals surface area contributed by atoms with Gasteiger partial charge in [0.15, 0.2) is 0 Å². The van der Waals surface area contributed by atoms with E-state index in [1.54, 1.807) is 30.3 Å². The fourth-order valence-electron chi connectivity index (χ4n) is 1.22. The molecule has 19 heavy (non-hydrogen) atoms. The second-order valence-corrected chi connectivity index (χ2v) is 3.93. The largest absolute Gasteiger partial charge is 0.389 e. The molecule has 0 aliphatic heterocycles. The van der Waals surface area contributed by atoms with Crippen LogP contribution >= 0.6 is 11.6 Å². The van der Waals surface area contributed by atoms with E-state index < -0.39 is 5.91 Å². The number of hydrogen-bond acceptors (Lipinski definition) is 4. The zero-order valence-corrected chi connectivity index (χ0v) is 10.7. The SMILES string of the molecule is N#CCCN/C=C(/C#N)C(=O)Nc1cccc(Cl)c1. The van der Waals surface area contributed by atoms with Gasteiger partial charge in [-0.05, 0) is 18.2 Å². The summed E-state index contributed by atoms with van der Waals surface area (Å²) in [5.74, 6) is -0.533. The van der Waals surface area contributed by atoms with Gasteiger partial charge in [0.2, 0.25) is 0 Å². The number of nitrogens with one attached hydrogen (secondary N) is 2. The summed E-state index contributed by atoms with van der Waals surface area (Å²) in [5.41, 5.74) is 0.439. The van der Waals surface area contributed by atoms with Gasteiger partial charge in [-0.1, -0.05) is 17.7 Å². The fourth-order valence-corrected chi connectivity index (χ4v) is 1.41. The number of halogens is 1. The third-order valence-electron chi connectivity index (χ3n) is 2.08. The van der Waals surface area contributed by atoms with Gasteiger partial charge in [-0.15, -0.1) is 0 Å². The third-order valence-corrected chi connectivity index (χ3v) is 2.31. The van der Waals surface area contributed by atoms with E-state index in [1.165, 1.54) is 6.20 Å². The van der Waals surface area contributed by atoms with Crippen molar-refractivity contribution in [2.45, 2.75) is 6.42 Å². The minimum Gasteiger partial charge on any atom is -0.389 e. The molecular formula is C13H11ClN4O. The summed E-state index contributed by atoms with van der Waals surface area (Å²) in [6, 6.07) is 10.4. The van der Waals surface area contributed by atoms with Crippen molar-refractivity contribution in [1.29, 1.82) is 10.5 Å². The van der Waals surface area contributed by atoms with Gasteiger partial charge in [-0.25, -0.2) is 0 Å². The van der Waals surface area contributed by atoms with Crippen LogP contribution in [-0.2, 0) is 4.79 Å². The zero-order chi connectivity index (χ0) is 14.1. The second kappa shape index (κ2) is 7.75. The predicted octanol–water partition coefficient (Wildman–Crippen LogP) is 2.19. The summed E-state index contributed by atoms with van der Waals surface area (Å²) in [5, 5.41) is 23.0. The van der Waals surface area contributed by atoms with Crippen LogP contribution in [0, 0.1) is 22.7 Å². The standard InChI is InChI=1S/C13H11ClN4O/c14-11-3-1-4-12(7-11)18-13(19)10(8-16)9-17-6-2-5-15/h1,3-4,7,9,17H,2,6H2,(H,18,19)/b10-9-. The monoisotopic (exact) mass is 274 g/mol. The molecular weight excluding hydrogens is 264 g/mol. The number of benzene rings is 1. The number of nitriles is 2. The summed E-state index contributed by atoms with van der Waals surface area (Å²) in [7, 11) is 0.